The fourth-order valence-corrected chi connectivity index (χ4v) is 5.12. The fraction of sp³-hybridized carbons (Fsp3) is 0.407. The second-order valence-corrected chi connectivity index (χ2v) is 10.1. The van der Waals surface area contributed by atoms with Crippen LogP contribution >= 0.6 is 0 Å². The number of hydrogen-bond acceptors (Lipinski definition) is 7. The topological polar surface area (TPSA) is 138 Å². The minimum atomic E-state index is -1.72. The van der Waals surface area contributed by atoms with Gasteiger partial charge in [-0.1, -0.05) is 26.0 Å². The molecule has 4 aliphatic rings. The molecule has 4 N–H and O–H groups in total. The minimum absolute atomic E-state index is 0.0743. The van der Waals surface area contributed by atoms with Gasteiger partial charge in [0, 0.05) is 37.2 Å². The van der Waals surface area contributed by atoms with Crippen LogP contribution in [0.15, 0.2) is 53.6 Å². The number of ether oxygens (including phenoxy) is 2. The lowest BCUT2D eigenvalue weighted by Crippen LogP contribution is -2.57. The number of urea groups is 1. The average Bonchev–Trinajstić information content (AvgIpc) is 3.54. The number of imide groups is 1. The molecule has 0 spiro atoms. The number of carbonyl (C=O) groups is 4. The van der Waals surface area contributed by atoms with E-state index in [0.29, 0.717) is 24.4 Å². The SMILES string of the molecule is COc1ccc2c(c1)C(=O)N(C[C@@]1(C3=CC4C=C(C(=O)NCCNC(C)C)C(F)=CC4O3)NC(=O)NC1=O)C2. The number of rotatable bonds is 9. The maximum atomic E-state index is 14.9. The second-order valence-electron chi connectivity index (χ2n) is 10.1. The number of carbonyl (C=O) groups excluding carboxylic acids is 4. The van der Waals surface area contributed by atoms with E-state index < -0.39 is 41.2 Å². The van der Waals surface area contributed by atoms with Crippen molar-refractivity contribution in [2.45, 2.75) is 38.1 Å². The second kappa shape index (κ2) is 10.2. The summed E-state index contributed by atoms with van der Waals surface area (Å²) >= 11 is 0. The predicted octanol–water partition coefficient (Wildman–Crippen LogP) is 1.04. The van der Waals surface area contributed by atoms with Crippen LogP contribution in [-0.4, -0.2) is 73.1 Å². The van der Waals surface area contributed by atoms with Crippen LogP contribution < -0.4 is 26.0 Å². The van der Waals surface area contributed by atoms with E-state index in [1.807, 2.05) is 13.8 Å². The molecule has 0 aromatic heterocycles. The van der Waals surface area contributed by atoms with Crippen LogP contribution in [0.2, 0.25) is 0 Å². The Balaban J connectivity index is 1.37. The summed E-state index contributed by atoms with van der Waals surface area (Å²) in [7, 11) is 1.50. The van der Waals surface area contributed by atoms with Gasteiger partial charge in [0.05, 0.1) is 19.2 Å². The monoisotopic (exact) mass is 539 g/mol. The molecule has 1 saturated heterocycles. The van der Waals surface area contributed by atoms with Crippen molar-refractivity contribution in [1.82, 2.24) is 26.2 Å². The molecule has 206 valence electrons. The largest absolute Gasteiger partial charge is 0.497 e. The van der Waals surface area contributed by atoms with E-state index in [-0.39, 0.29) is 36.4 Å². The van der Waals surface area contributed by atoms with Crippen molar-refractivity contribution < 1.29 is 33.0 Å². The van der Waals surface area contributed by atoms with Crippen LogP contribution in [0.25, 0.3) is 0 Å². The van der Waals surface area contributed by atoms with E-state index in [2.05, 4.69) is 21.3 Å². The number of amides is 5. The molecule has 39 heavy (non-hydrogen) atoms. The Bertz CT molecular complexity index is 1340. The van der Waals surface area contributed by atoms with Gasteiger partial charge in [-0.2, -0.15) is 0 Å². The van der Waals surface area contributed by atoms with Gasteiger partial charge in [-0.05, 0) is 29.8 Å². The van der Waals surface area contributed by atoms with E-state index in [9.17, 15) is 23.6 Å². The number of nitrogens with zero attached hydrogens (tertiary/aromatic N) is 1. The molecule has 1 aromatic rings. The molecule has 11 nitrogen and oxygen atoms in total. The number of fused-ring (bicyclic) bond motifs is 2. The summed E-state index contributed by atoms with van der Waals surface area (Å²) in [6.45, 7) is 4.82. The summed E-state index contributed by atoms with van der Waals surface area (Å²) in [6.07, 6.45) is 3.39. The summed E-state index contributed by atoms with van der Waals surface area (Å²) in [5.41, 5.74) is -0.659. The molecule has 3 heterocycles. The summed E-state index contributed by atoms with van der Waals surface area (Å²) in [6, 6.07) is 4.65. The number of benzene rings is 1. The van der Waals surface area contributed by atoms with Crippen molar-refractivity contribution in [2.24, 2.45) is 5.92 Å². The number of methoxy groups -OCH3 is 1. The zero-order valence-electron chi connectivity index (χ0n) is 21.8. The first-order valence-corrected chi connectivity index (χ1v) is 12.7. The summed E-state index contributed by atoms with van der Waals surface area (Å²) in [4.78, 5) is 52.7. The zero-order valence-corrected chi connectivity index (χ0v) is 21.8. The molecule has 2 unspecified atom stereocenters. The lowest BCUT2D eigenvalue weighted by molar-refractivity contribution is -0.124. The fourth-order valence-electron chi connectivity index (χ4n) is 5.12. The van der Waals surface area contributed by atoms with Crippen molar-refractivity contribution in [3.63, 3.8) is 0 Å². The Hall–Kier alpha value is -4.19. The van der Waals surface area contributed by atoms with Gasteiger partial charge >= 0.3 is 6.03 Å². The van der Waals surface area contributed by atoms with Crippen LogP contribution in [0, 0.1) is 5.92 Å². The molecule has 5 rings (SSSR count). The molecule has 1 fully saturated rings. The summed E-state index contributed by atoms with van der Waals surface area (Å²) in [5.74, 6) is -2.29. The molecule has 0 saturated carbocycles. The van der Waals surface area contributed by atoms with Crippen molar-refractivity contribution in [3.05, 3.63) is 64.7 Å². The van der Waals surface area contributed by atoms with E-state index in [4.69, 9.17) is 9.47 Å². The highest BCUT2D eigenvalue weighted by molar-refractivity contribution is 6.10. The summed E-state index contributed by atoms with van der Waals surface area (Å²) in [5, 5.41) is 10.7. The van der Waals surface area contributed by atoms with Gasteiger partial charge < -0.3 is 30.3 Å². The molecule has 1 aliphatic carbocycles. The van der Waals surface area contributed by atoms with Gasteiger partial charge in [-0.15, -0.1) is 0 Å². The number of hydrogen-bond donors (Lipinski definition) is 4. The van der Waals surface area contributed by atoms with Gasteiger partial charge in [0.25, 0.3) is 17.7 Å². The molecule has 0 bridgehead atoms. The molecular formula is C27H30FN5O6. The molecule has 0 radical (unpaired) electrons. The predicted molar refractivity (Wildman–Crippen MR) is 137 cm³/mol. The van der Waals surface area contributed by atoms with Gasteiger partial charge in [-0.25, -0.2) is 9.18 Å². The van der Waals surface area contributed by atoms with E-state index in [1.165, 1.54) is 24.2 Å². The molecule has 1 aromatic carbocycles. The Morgan fingerprint density at radius 1 is 1.23 bits per heavy atom. The third-order valence-electron chi connectivity index (χ3n) is 7.11. The highest BCUT2D eigenvalue weighted by Crippen LogP contribution is 2.39. The molecule has 5 amide bonds. The van der Waals surface area contributed by atoms with Gasteiger partial charge in [0.2, 0.25) is 0 Å². The maximum Gasteiger partial charge on any atom is 0.322 e. The standard InChI is InChI=1S/C27H30FN5O6/c1-14(2)29-6-7-30-23(34)19-8-16-9-22(39-21(16)11-20(19)28)27(25(36)31-26(37)32-27)13-33-12-15-4-5-17(38-3)10-18(15)24(33)35/h4-5,8-11,14,16,21,29H,6-7,12-13H2,1-3H3,(H,30,34)(H2,31,32,36,37)/t16?,21?,27-/m0/s1. The zero-order chi connectivity index (χ0) is 27.9. The first kappa shape index (κ1) is 26.4. The van der Waals surface area contributed by atoms with Crippen LogP contribution in [0.4, 0.5) is 9.18 Å². The van der Waals surface area contributed by atoms with E-state index in [0.717, 1.165) is 5.56 Å². The first-order chi connectivity index (χ1) is 18.6. The Morgan fingerprint density at radius 2 is 2.03 bits per heavy atom. The summed E-state index contributed by atoms with van der Waals surface area (Å²) < 4.78 is 26.1. The number of halogens is 1. The Morgan fingerprint density at radius 3 is 2.72 bits per heavy atom. The number of nitrogens with one attached hydrogen (secondary N) is 4. The van der Waals surface area contributed by atoms with Gasteiger partial charge in [0.1, 0.15) is 23.4 Å². The maximum absolute atomic E-state index is 14.9. The lowest BCUT2D eigenvalue weighted by Gasteiger charge is -2.32. The van der Waals surface area contributed by atoms with Crippen molar-refractivity contribution in [3.8, 4) is 5.75 Å². The van der Waals surface area contributed by atoms with Crippen LogP contribution in [0.5, 0.6) is 5.75 Å². The Kier molecular flexibility index (Phi) is 6.89. The molecular weight excluding hydrogens is 509 g/mol. The highest BCUT2D eigenvalue weighted by atomic mass is 19.1. The van der Waals surface area contributed by atoms with Crippen molar-refractivity contribution in [1.29, 1.82) is 0 Å². The van der Waals surface area contributed by atoms with Crippen molar-refractivity contribution >= 4 is 23.8 Å². The van der Waals surface area contributed by atoms with Crippen LogP contribution in [-0.2, 0) is 20.9 Å². The quantitative estimate of drug-likeness (QED) is 0.272. The van der Waals surface area contributed by atoms with E-state index in [1.54, 1.807) is 24.3 Å². The lowest BCUT2D eigenvalue weighted by atomic mass is 9.90. The average molecular weight is 540 g/mol. The van der Waals surface area contributed by atoms with Gasteiger partial charge in [-0.3, -0.25) is 19.7 Å². The highest BCUT2D eigenvalue weighted by Gasteiger charge is 2.55. The van der Waals surface area contributed by atoms with Crippen LogP contribution in [0.3, 0.4) is 0 Å². The van der Waals surface area contributed by atoms with Crippen LogP contribution in [0.1, 0.15) is 29.8 Å². The minimum Gasteiger partial charge on any atom is -0.497 e. The molecule has 3 aliphatic heterocycles. The normalized spacial score (nSPS) is 25.3. The third kappa shape index (κ3) is 4.87. The van der Waals surface area contributed by atoms with Gasteiger partial charge in [0.15, 0.2) is 5.54 Å². The smallest absolute Gasteiger partial charge is 0.322 e. The van der Waals surface area contributed by atoms with Crippen molar-refractivity contribution in [2.75, 3.05) is 26.7 Å². The van der Waals surface area contributed by atoms with E-state index >= 15 is 0 Å². The molecule has 3 atom stereocenters. The Labute approximate surface area is 224 Å². The third-order valence-corrected chi connectivity index (χ3v) is 7.11. The molecule has 12 heteroatoms. The first-order valence-electron chi connectivity index (χ1n) is 12.7.